The molecule has 0 atom stereocenters. The van der Waals surface area contributed by atoms with Gasteiger partial charge in [-0.05, 0) is 54.9 Å². The van der Waals surface area contributed by atoms with Crippen molar-refractivity contribution in [2.45, 2.75) is 6.42 Å². The van der Waals surface area contributed by atoms with Crippen molar-refractivity contribution >= 4 is 11.6 Å². The molecule has 1 amide bonds. The fraction of sp³-hybridized carbons (Fsp3) is 0.278. The third kappa shape index (κ3) is 4.89. The Morgan fingerprint density at radius 3 is 2.42 bits per heavy atom. The Balaban J connectivity index is 1.93. The number of carbonyl (C=O) groups excluding carboxylic acids is 1. The summed E-state index contributed by atoms with van der Waals surface area (Å²) in [7, 11) is 3.15. The van der Waals surface area contributed by atoms with Crippen molar-refractivity contribution in [2.75, 3.05) is 32.7 Å². The number of benzene rings is 2. The van der Waals surface area contributed by atoms with Gasteiger partial charge < -0.3 is 25.3 Å². The van der Waals surface area contributed by atoms with Crippen molar-refractivity contribution < 1.29 is 19.0 Å². The van der Waals surface area contributed by atoms with Gasteiger partial charge in [0, 0.05) is 5.69 Å². The van der Waals surface area contributed by atoms with Crippen LogP contribution >= 0.6 is 0 Å². The molecule has 128 valence electrons. The molecular weight excluding hydrogens is 308 g/mol. The monoisotopic (exact) mass is 330 g/mol. The van der Waals surface area contributed by atoms with Crippen LogP contribution in [0.15, 0.2) is 42.5 Å². The Morgan fingerprint density at radius 2 is 1.79 bits per heavy atom. The molecule has 0 bridgehead atoms. The van der Waals surface area contributed by atoms with Crippen LogP contribution in [0.2, 0.25) is 0 Å². The van der Waals surface area contributed by atoms with Crippen molar-refractivity contribution in [2.24, 2.45) is 5.73 Å². The van der Waals surface area contributed by atoms with Crippen molar-refractivity contribution in [1.29, 1.82) is 0 Å². The third-order valence-corrected chi connectivity index (χ3v) is 3.39. The predicted molar refractivity (Wildman–Crippen MR) is 92.9 cm³/mol. The van der Waals surface area contributed by atoms with Gasteiger partial charge in [0.25, 0.3) is 5.91 Å². The summed E-state index contributed by atoms with van der Waals surface area (Å²) in [5.74, 6) is 1.57. The molecular formula is C18H22N2O4. The first-order chi connectivity index (χ1) is 11.7. The highest BCUT2D eigenvalue weighted by molar-refractivity contribution is 5.91. The molecule has 0 radical (unpaired) electrons. The molecule has 0 saturated heterocycles. The molecule has 0 saturated carbocycles. The summed E-state index contributed by atoms with van der Waals surface area (Å²) >= 11 is 0. The zero-order valence-electron chi connectivity index (χ0n) is 13.9. The number of methoxy groups -OCH3 is 2. The Morgan fingerprint density at radius 1 is 1.04 bits per heavy atom. The zero-order chi connectivity index (χ0) is 17.4. The normalized spacial score (nSPS) is 10.1. The van der Waals surface area contributed by atoms with Crippen molar-refractivity contribution in [3.05, 3.63) is 48.0 Å². The number of ether oxygens (including phenoxy) is 3. The van der Waals surface area contributed by atoms with E-state index in [4.69, 9.17) is 19.9 Å². The smallest absolute Gasteiger partial charge is 0.262 e. The molecule has 0 heterocycles. The second-order valence-corrected chi connectivity index (χ2v) is 5.09. The van der Waals surface area contributed by atoms with Crippen LogP contribution in [0.3, 0.4) is 0 Å². The number of nitrogens with one attached hydrogen (secondary N) is 1. The molecule has 2 aromatic rings. The number of hydrogen-bond donors (Lipinski definition) is 2. The van der Waals surface area contributed by atoms with Crippen LogP contribution < -0.4 is 25.3 Å². The van der Waals surface area contributed by atoms with Gasteiger partial charge in [0.05, 0.1) is 14.2 Å². The first kappa shape index (κ1) is 17.6. The van der Waals surface area contributed by atoms with E-state index in [0.29, 0.717) is 23.7 Å². The lowest BCUT2D eigenvalue weighted by Gasteiger charge is -2.12. The van der Waals surface area contributed by atoms with Gasteiger partial charge in [-0.3, -0.25) is 4.79 Å². The van der Waals surface area contributed by atoms with Gasteiger partial charge in [-0.2, -0.15) is 0 Å². The van der Waals surface area contributed by atoms with Gasteiger partial charge in [0.15, 0.2) is 18.1 Å². The molecule has 0 aliphatic rings. The number of nitrogens with two attached hydrogens (primary N) is 1. The lowest BCUT2D eigenvalue weighted by atomic mass is 10.1. The van der Waals surface area contributed by atoms with Crippen LogP contribution in [0.1, 0.15) is 5.56 Å². The van der Waals surface area contributed by atoms with Gasteiger partial charge in [-0.15, -0.1) is 0 Å². The minimum Gasteiger partial charge on any atom is -0.497 e. The Hall–Kier alpha value is -2.73. The Bertz CT molecular complexity index is 671. The average Bonchev–Trinajstić information content (AvgIpc) is 2.61. The lowest BCUT2D eigenvalue weighted by Crippen LogP contribution is -2.20. The van der Waals surface area contributed by atoms with Gasteiger partial charge in [0.1, 0.15) is 5.75 Å². The molecule has 0 unspecified atom stereocenters. The standard InChI is InChI=1S/C18H22N2O4/c1-22-15-6-4-14(5-7-15)20-18(21)12-24-16-8-3-13(9-10-19)11-17(16)23-2/h3-8,11H,9-10,12,19H2,1-2H3,(H,20,21). The summed E-state index contributed by atoms with van der Waals surface area (Å²) in [6.45, 7) is 0.451. The molecule has 0 aromatic heterocycles. The number of hydrogen-bond acceptors (Lipinski definition) is 5. The minimum atomic E-state index is -0.256. The SMILES string of the molecule is COc1ccc(NC(=O)COc2ccc(CCN)cc2OC)cc1. The van der Waals surface area contributed by atoms with E-state index in [1.807, 2.05) is 12.1 Å². The second-order valence-electron chi connectivity index (χ2n) is 5.09. The van der Waals surface area contributed by atoms with E-state index in [1.165, 1.54) is 0 Å². The largest absolute Gasteiger partial charge is 0.497 e. The quantitative estimate of drug-likeness (QED) is 0.775. The molecule has 24 heavy (non-hydrogen) atoms. The van der Waals surface area contributed by atoms with E-state index < -0.39 is 0 Å². The Kier molecular flexibility index (Phi) is 6.45. The molecule has 6 nitrogen and oxygen atoms in total. The van der Waals surface area contributed by atoms with Gasteiger partial charge in [-0.1, -0.05) is 6.07 Å². The topological polar surface area (TPSA) is 82.8 Å². The first-order valence-corrected chi connectivity index (χ1v) is 7.60. The summed E-state index contributed by atoms with van der Waals surface area (Å²) < 4.78 is 15.9. The molecule has 3 N–H and O–H groups in total. The van der Waals surface area contributed by atoms with E-state index >= 15 is 0 Å². The summed E-state index contributed by atoms with van der Waals surface area (Å²) in [6, 6.07) is 12.6. The molecule has 0 aliphatic carbocycles. The summed E-state index contributed by atoms with van der Waals surface area (Å²) in [4.78, 5) is 12.0. The van der Waals surface area contributed by atoms with Gasteiger partial charge in [-0.25, -0.2) is 0 Å². The van der Waals surface area contributed by atoms with Crippen LogP contribution in [0.25, 0.3) is 0 Å². The number of anilines is 1. The molecule has 0 fully saturated rings. The summed E-state index contributed by atoms with van der Waals surface area (Å²) in [5, 5.41) is 2.76. The molecule has 2 rings (SSSR count). The predicted octanol–water partition coefficient (Wildman–Crippen LogP) is 2.22. The van der Waals surface area contributed by atoms with E-state index in [0.717, 1.165) is 17.7 Å². The maximum atomic E-state index is 12.0. The van der Waals surface area contributed by atoms with Gasteiger partial charge >= 0.3 is 0 Å². The summed E-state index contributed by atoms with van der Waals surface area (Å²) in [6.07, 6.45) is 0.759. The zero-order valence-corrected chi connectivity index (χ0v) is 13.9. The highest BCUT2D eigenvalue weighted by Crippen LogP contribution is 2.28. The summed E-state index contributed by atoms with van der Waals surface area (Å²) in [5.41, 5.74) is 7.28. The Labute approximate surface area is 141 Å². The number of amides is 1. The van der Waals surface area contributed by atoms with E-state index in [1.54, 1.807) is 44.6 Å². The highest BCUT2D eigenvalue weighted by atomic mass is 16.5. The van der Waals surface area contributed by atoms with Crippen molar-refractivity contribution in [3.8, 4) is 17.2 Å². The third-order valence-electron chi connectivity index (χ3n) is 3.39. The van der Waals surface area contributed by atoms with Crippen LogP contribution in [0.5, 0.6) is 17.2 Å². The number of carbonyl (C=O) groups is 1. The van der Waals surface area contributed by atoms with Gasteiger partial charge in [0.2, 0.25) is 0 Å². The lowest BCUT2D eigenvalue weighted by molar-refractivity contribution is -0.118. The van der Waals surface area contributed by atoms with Crippen LogP contribution in [0, 0.1) is 0 Å². The fourth-order valence-corrected chi connectivity index (χ4v) is 2.17. The number of rotatable bonds is 8. The average molecular weight is 330 g/mol. The maximum absolute atomic E-state index is 12.0. The highest BCUT2D eigenvalue weighted by Gasteiger charge is 2.09. The van der Waals surface area contributed by atoms with Crippen LogP contribution in [0.4, 0.5) is 5.69 Å². The first-order valence-electron chi connectivity index (χ1n) is 7.60. The molecule has 0 aliphatic heterocycles. The molecule has 0 spiro atoms. The van der Waals surface area contributed by atoms with E-state index in [2.05, 4.69) is 5.32 Å². The molecule has 6 heteroatoms. The van der Waals surface area contributed by atoms with Crippen molar-refractivity contribution in [3.63, 3.8) is 0 Å². The fourth-order valence-electron chi connectivity index (χ4n) is 2.17. The van der Waals surface area contributed by atoms with Crippen LogP contribution in [-0.4, -0.2) is 33.3 Å². The van der Waals surface area contributed by atoms with E-state index in [9.17, 15) is 4.79 Å². The van der Waals surface area contributed by atoms with E-state index in [-0.39, 0.29) is 12.5 Å². The minimum absolute atomic E-state index is 0.112. The second kappa shape index (κ2) is 8.79. The maximum Gasteiger partial charge on any atom is 0.262 e. The van der Waals surface area contributed by atoms with Crippen molar-refractivity contribution in [1.82, 2.24) is 0 Å². The van der Waals surface area contributed by atoms with Crippen LogP contribution in [-0.2, 0) is 11.2 Å². The molecule has 2 aromatic carbocycles.